The Hall–Kier alpha value is -1.77. The van der Waals surface area contributed by atoms with Gasteiger partial charge in [-0.15, -0.1) is 0 Å². The summed E-state index contributed by atoms with van der Waals surface area (Å²) in [4.78, 5) is 4.61. The van der Waals surface area contributed by atoms with Gasteiger partial charge in [0.05, 0.1) is 11.7 Å². The third kappa shape index (κ3) is 3.41. The Morgan fingerprint density at radius 1 is 1.25 bits per heavy atom. The van der Waals surface area contributed by atoms with Crippen molar-refractivity contribution in [1.82, 2.24) is 9.55 Å². The molecule has 1 atom stereocenters. The number of aryl methyl sites for hydroxylation is 3. The highest BCUT2D eigenvalue weighted by Gasteiger charge is 2.11. The van der Waals surface area contributed by atoms with Crippen LogP contribution in [0.4, 0.5) is 5.95 Å². The maximum Gasteiger partial charge on any atom is 0.203 e. The first-order valence-electron chi connectivity index (χ1n) is 7.47. The SMILES string of the molecule is CCCCn1cc(C)nc1NC(C)c1ccccc1C. The number of aromatic nitrogens is 2. The smallest absolute Gasteiger partial charge is 0.203 e. The molecule has 0 spiro atoms. The van der Waals surface area contributed by atoms with Crippen molar-refractivity contribution in [3.8, 4) is 0 Å². The molecule has 0 aliphatic carbocycles. The maximum absolute atomic E-state index is 4.61. The van der Waals surface area contributed by atoms with Gasteiger partial charge in [0.1, 0.15) is 0 Å². The van der Waals surface area contributed by atoms with Crippen LogP contribution in [0.15, 0.2) is 30.5 Å². The van der Waals surface area contributed by atoms with Gasteiger partial charge in [-0.1, -0.05) is 37.6 Å². The van der Waals surface area contributed by atoms with E-state index in [1.54, 1.807) is 0 Å². The molecule has 0 fully saturated rings. The van der Waals surface area contributed by atoms with E-state index in [0.717, 1.165) is 18.2 Å². The molecule has 108 valence electrons. The fourth-order valence-corrected chi connectivity index (χ4v) is 2.50. The minimum Gasteiger partial charge on any atom is -0.349 e. The fraction of sp³-hybridized carbons (Fsp3) is 0.471. The molecule has 1 N–H and O–H groups in total. The minimum atomic E-state index is 0.262. The molecule has 2 rings (SSSR count). The lowest BCUT2D eigenvalue weighted by atomic mass is 10.0. The normalized spacial score (nSPS) is 12.4. The average molecular weight is 271 g/mol. The molecule has 0 saturated carbocycles. The van der Waals surface area contributed by atoms with Gasteiger partial charge in [-0.25, -0.2) is 4.98 Å². The molecule has 1 heterocycles. The van der Waals surface area contributed by atoms with Crippen LogP contribution in [-0.2, 0) is 6.54 Å². The van der Waals surface area contributed by atoms with Gasteiger partial charge in [-0.2, -0.15) is 0 Å². The van der Waals surface area contributed by atoms with Crippen LogP contribution < -0.4 is 5.32 Å². The van der Waals surface area contributed by atoms with Crippen LogP contribution in [0.3, 0.4) is 0 Å². The van der Waals surface area contributed by atoms with Crippen molar-refractivity contribution in [3.05, 3.63) is 47.3 Å². The number of hydrogen-bond acceptors (Lipinski definition) is 2. The zero-order valence-electron chi connectivity index (χ0n) is 13.0. The number of benzene rings is 1. The van der Waals surface area contributed by atoms with Crippen molar-refractivity contribution in [3.63, 3.8) is 0 Å². The maximum atomic E-state index is 4.61. The molecular formula is C17H25N3. The molecule has 1 unspecified atom stereocenters. The third-order valence-corrected chi connectivity index (χ3v) is 3.65. The lowest BCUT2D eigenvalue weighted by Gasteiger charge is -2.18. The molecular weight excluding hydrogens is 246 g/mol. The van der Waals surface area contributed by atoms with Crippen LogP contribution in [0.5, 0.6) is 0 Å². The van der Waals surface area contributed by atoms with Crippen LogP contribution in [0, 0.1) is 13.8 Å². The summed E-state index contributed by atoms with van der Waals surface area (Å²) < 4.78 is 2.23. The van der Waals surface area contributed by atoms with E-state index >= 15 is 0 Å². The summed E-state index contributed by atoms with van der Waals surface area (Å²) in [5, 5.41) is 3.55. The molecule has 0 bridgehead atoms. The first-order valence-corrected chi connectivity index (χ1v) is 7.47. The van der Waals surface area contributed by atoms with Gasteiger partial charge >= 0.3 is 0 Å². The number of unbranched alkanes of at least 4 members (excludes halogenated alkanes) is 1. The average Bonchev–Trinajstić information content (AvgIpc) is 2.76. The Morgan fingerprint density at radius 2 is 2.00 bits per heavy atom. The number of hydrogen-bond donors (Lipinski definition) is 1. The predicted molar refractivity (Wildman–Crippen MR) is 85.1 cm³/mol. The van der Waals surface area contributed by atoms with Gasteiger partial charge in [0, 0.05) is 12.7 Å². The molecule has 0 radical (unpaired) electrons. The van der Waals surface area contributed by atoms with E-state index < -0.39 is 0 Å². The summed E-state index contributed by atoms with van der Waals surface area (Å²) in [7, 11) is 0. The lowest BCUT2D eigenvalue weighted by Crippen LogP contribution is -2.12. The summed E-state index contributed by atoms with van der Waals surface area (Å²) in [5.41, 5.74) is 3.71. The standard InChI is InChI=1S/C17H25N3/c1-5-6-11-20-12-14(3)18-17(20)19-15(4)16-10-8-7-9-13(16)2/h7-10,12,15H,5-6,11H2,1-4H3,(H,18,19). The lowest BCUT2D eigenvalue weighted by molar-refractivity contribution is 0.630. The molecule has 1 aromatic carbocycles. The second-order valence-electron chi connectivity index (χ2n) is 5.48. The van der Waals surface area contributed by atoms with Crippen molar-refractivity contribution >= 4 is 5.95 Å². The zero-order chi connectivity index (χ0) is 14.5. The Bertz CT molecular complexity index is 557. The molecule has 0 amide bonds. The van der Waals surface area contributed by atoms with Gasteiger partial charge in [0.2, 0.25) is 5.95 Å². The highest BCUT2D eigenvalue weighted by molar-refractivity contribution is 5.37. The van der Waals surface area contributed by atoms with Crippen molar-refractivity contribution in [1.29, 1.82) is 0 Å². The van der Waals surface area contributed by atoms with E-state index in [1.165, 1.54) is 24.0 Å². The van der Waals surface area contributed by atoms with Gasteiger partial charge in [0.15, 0.2) is 0 Å². The monoisotopic (exact) mass is 271 g/mol. The van der Waals surface area contributed by atoms with Crippen LogP contribution in [0.1, 0.15) is 49.6 Å². The second-order valence-corrected chi connectivity index (χ2v) is 5.48. The summed E-state index contributed by atoms with van der Waals surface area (Å²) >= 11 is 0. The van der Waals surface area contributed by atoms with Crippen molar-refractivity contribution < 1.29 is 0 Å². The summed E-state index contributed by atoms with van der Waals surface area (Å²) in [6.07, 6.45) is 4.51. The van der Waals surface area contributed by atoms with Gasteiger partial charge in [-0.05, 0) is 38.3 Å². The van der Waals surface area contributed by atoms with Gasteiger partial charge < -0.3 is 9.88 Å². The quantitative estimate of drug-likeness (QED) is 0.840. The van der Waals surface area contributed by atoms with Crippen LogP contribution in [0.25, 0.3) is 0 Å². The first-order chi connectivity index (χ1) is 9.61. The Balaban J connectivity index is 2.15. The fourth-order valence-electron chi connectivity index (χ4n) is 2.50. The molecule has 1 aromatic heterocycles. The van der Waals surface area contributed by atoms with E-state index in [2.05, 4.69) is 66.1 Å². The van der Waals surface area contributed by atoms with E-state index in [1.807, 2.05) is 6.92 Å². The van der Waals surface area contributed by atoms with Crippen molar-refractivity contribution in [2.24, 2.45) is 0 Å². The predicted octanol–water partition coefficient (Wildman–Crippen LogP) is 4.47. The molecule has 0 aliphatic heterocycles. The molecule has 2 aromatic rings. The van der Waals surface area contributed by atoms with Gasteiger partial charge in [-0.3, -0.25) is 0 Å². The highest BCUT2D eigenvalue weighted by Crippen LogP contribution is 2.22. The summed E-state index contributed by atoms with van der Waals surface area (Å²) in [6, 6.07) is 8.77. The molecule has 3 nitrogen and oxygen atoms in total. The Morgan fingerprint density at radius 3 is 2.70 bits per heavy atom. The second kappa shape index (κ2) is 6.60. The Labute approximate surface area is 122 Å². The number of rotatable bonds is 6. The van der Waals surface area contributed by atoms with Crippen molar-refractivity contribution in [2.75, 3.05) is 5.32 Å². The van der Waals surface area contributed by atoms with Crippen molar-refractivity contribution in [2.45, 2.75) is 53.1 Å². The van der Waals surface area contributed by atoms with Crippen LogP contribution >= 0.6 is 0 Å². The topological polar surface area (TPSA) is 29.9 Å². The number of nitrogens with one attached hydrogen (secondary N) is 1. The molecule has 20 heavy (non-hydrogen) atoms. The highest BCUT2D eigenvalue weighted by atomic mass is 15.2. The minimum absolute atomic E-state index is 0.262. The number of imidazole rings is 1. The Kier molecular flexibility index (Phi) is 4.83. The third-order valence-electron chi connectivity index (χ3n) is 3.65. The van der Waals surface area contributed by atoms with E-state index in [-0.39, 0.29) is 6.04 Å². The molecule has 3 heteroatoms. The number of nitrogens with zero attached hydrogens (tertiary/aromatic N) is 2. The largest absolute Gasteiger partial charge is 0.349 e. The van der Waals surface area contributed by atoms with E-state index in [0.29, 0.717) is 0 Å². The van der Waals surface area contributed by atoms with E-state index in [9.17, 15) is 0 Å². The molecule has 0 saturated heterocycles. The molecule has 0 aliphatic rings. The summed E-state index contributed by atoms with van der Waals surface area (Å²) in [6.45, 7) is 9.64. The number of anilines is 1. The van der Waals surface area contributed by atoms with Crippen LogP contribution in [0.2, 0.25) is 0 Å². The van der Waals surface area contributed by atoms with Gasteiger partial charge in [0.25, 0.3) is 0 Å². The van der Waals surface area contributed by atoms with E-state index in [4.69, 9.17) is 0 Å². The summed E-state index contributed by atoms with van der Waals surface area (Å²) in [5.74, 6) is 0.978. The zero-order valence-corrected chi connectivity index (χ0v) is 13.0. The van der Waals surface area contributed by atoms with Crippen LogP contribution in [-0.4, -0.2) is 9.55 Å². The first kappa shape index (κ1) is 14.6.